The molecule has 0 aliphatic heterocycles. The van der Waals surface area contributed by atoms with E-state index in [9.17, 15) is 0 Å². The van der Waals surface area contributed by atoms with Crippen molar-refractivity contribution in [1.82, 2.24) is 4.90 Å². The Balaban J connectivity index is 1.92. The molecule has 0 atom stereocenters. The van der Waals surface area contributed by atoms with E-state index in [1.165, 1.54) is 16.7 Å². The lowest BCUT2D eigenvalue weighted by atomic mass is 9.98. The second-order valence-electron chi connectivity index (χ2n) is 9.35. The molecule has 31 heavy (non-hydrogen) atoms. The first-order valence-electron chi connectivity index (χ1n) is 11.0. The molecule has 0 saturated heterocycles. The Hall–Kier alpha value is -2.12. The van der Waals surface area contributed by atoms with E-state index in [-0.39, 0.29) is 11.0 Å². The van der Waals surface area contributed by atoms with Gasteiger partial charge in [-0.15, -0.1) is 0 Å². The maximum absolute atomic E-state index is 6.09. The fourth-order valence-corrected chi connectivity index (χ4v) is 3.52. The minimum absolute atomic E-state index is 0.0479. The van der Waals surface area contributed by atoms with Gasteiger partial charge in [0.05, 0.1) is 12.2 Å². The number of likely N-dealkylation sites (N-methyl/N-ethyl adjacent to an activating group) is 1. The van der Waals surface area contributed by atoms with Gasteiger partial charge in [0.2, 0.25) is 0 Å². The van der Waals surface area contributed by atoms with E-state index in [2.05, 4.69) is 118 Å². The monoisotopic (exact) mass is 435 g/mol. The average molecular weight is 436 g/mol. The van der Waals surface area contributed by atoms with Crippen molar-refractivity contribution < 1.29 is 4.74 Å². The topological polar surface area (TPSA) is 12.5 Å². The van der Waals surface area contributed by atoms with E-state index in [0.717, 1.165) is 19.6 Å². The molecule has 1 aromatic carbocycles. The van der Waals surface area contributed by atoms with Crippen molar-refractivity contribution in [3.05, 3.63) is 76.0 Å². The van der Waals surface area contributed by atoms with Crippen LogP contribution >= 0.6 is 11.3 Å². The van der Waals surface area contributed by atoms with E-state index < -0.39 is 0 Å². The maximum Gasteiger partial charge on any atom is 0.0814 e. The largest absolute Gasteiger partial charge is 0.367 e. The third-order valence-electron chi connectivity index (χ3n) is 4.68. The Bertz CT molecular complexity index is 904. The van der Waals surface area contributed by atoms with Crippen molar-refractivity contribution in [3.63, 3.8) is 0 Å². The van der Waals surface area contributed by atoms with Gasteiger partial charge < -0.3 is 4.74 Å². The number of allylic oxidation sites excluding steroid dienone is 1. The summed E-state index contributed by atoms with van der Waals surface area (Å²) in [6, 6.07) is 10.8. The third kappa shape index (κ3) is 10.6. The van der Waals surface area contributed by atoms with Crippen molar-refractivity contribution in [3.8, 4) is 11.8 Å². The predicted octanol–water partition coefficient (Wildman–Crippen LogP) is 7.18. The summed E-state index contributed by atoms with van der Waals surface area (Å²) in [7, 11) is 0. The Morgan fingerprint density at radius 1 is 1.10 bits per heavy atom. The van der Waals surface area contributed by atoms with E-state index in [1.54, 1.807) is 11.3 Å². The molecule has 0 unspecified atom stereocenters. The lowest BCUT2D eigenvalue weighted by Gasteiger charge is -2.21. The van der Waals surface area contributed by atoms with Gasteiger partial charge in [0.15, 0.2) is 0 Å². The summed E-state index contributed by atoms with van der Waals surface area (Å²) in [5.41, 5.74) is 3.48. The fraction of sp³-hybridized carbons (Fsp3) is 0.429. The molecule has 2 rings (SSSR count). The van der Waals surface area contributed by atoms with Crippen molar-refractivity contribution in [2.45, 2.75) is 60.3 Å². The summed E-state index contributed by atoms with van der Waals surface area (Å²) >= 11 is 1.70. The highest BCUT2D eigenvalue weighted by molar-refractivity contribution is 7.07. The highest BCUT2D eigenvalue weighted by Crippen LogP contribution is 2.18. The molecule has 166 valence electrons. The summed E-state index contributed by atoms with van der Waals surface area (Å²) in [4.78, 5) is 2.41. The normalized spacial score (nSPS) is 12.6. The van der Waals surface area contributed by atoms with Crippen molar-refractivity contribution in [1.29, 1.82) is 0 Å². The van der Waals surface area contributed by atoms with Crippen LogP contribution in [0.5, 0.6) is 0 Å². The molecule has 0 bridgehead atoms. The molecular formula is C28H37NOS. The van der Waals surface area contributed by atoms with Gasteiger partial charge in [0.25, 0.3) is 0 Å². The second-order valence-corrected chi connectivity index (χ2v) is 10.1. The van der Waals surface area contributed by atoms with Gasteiger partial charge >= 0.3 is 0 Å². The zero-order chi connectivity index (χ0) is 22.7. The molecule has 0 fully saturated rings. The third-order valence-corrected chi connectivity index (χ3v) is 5.42. The Kier molecular flexibility index (Phi) is 9.78. The zero-order valence-corrected chi connectivity index (χ0v) is 20.8. The Morgan fingerprint density at radius 2 is 1.90 bits per heavy atom. The summed E-state index contributed by atoms with van der Waals surface area (Å²) in [6.45, 7) is 16.3. The SMILES string of the molecule is CCN(C/C=C/C#CC(C)(C)C)Cc1cccc(/C=C/C(C)(C)OCc2ccsc2)c1. The van der Waals surface area contributed by atoms with Gasteiger partial charge in [0.1, 0.15) is 0 Å². The molecule has 0 radical (unpaired) electrons. The van der Waals surface area contributed by atoms with Crippen LogP contribution < -0.4 is 0 Å². The number of hydrogen-bond donors (Lipinski definition) is 0. The summed E-state index contributed by atoms with van der Waals surface area (Å²) in [5, 5.41) is 4.22. The Labute approximate surface area is 193 Å². The van der Waals surface area contributed by atoms with Crippen LogP contribution in [0.15, 0.2) is 59.3 Å². The molecule has 3 heteroatoms. The van der Waals surface area contributed by atoms with Gasteiger partial charge in [-0.25, -0.2) is 0 Å². The first-order valence-corrected chi connectivity index (χ1v) is 11.9. The van der Waals surface area contributed by atoms with Crippen LogP contribution in [0.4, 0.5) is 0 Å². The van der Waals surface area contributed by atoms with Gasteiger partial charge in [-0.3, -0.25) is 4.90 Å². The molecule has 1 heterocycles. The van der Waals surface area contributed by atoms with Gasteiger partial charge in [-0.2, -0.15) is 11.3 Å². The number of benzene rings is 1. The highest BCUT2D eigenvalue weighted by atomic mass is 32.1. The molecular weight excluding hydrogens is 398 g/mol. The molecule has 0 N–H and O–H groups in total. The van der Waals surface area contributed by atoms with Crippen LogP contribution in [0, 0.1) is 17.3 Å². The summed E-state index contributed by atoms with van der Waals surface area (Å²) in [6.07, 6.45) is 8.44. The van der Waals surface area contributed by atoms with E-state index in [1.807, 2.05) is 6.08 Å². The van der Waals surface area contributed by atoms with Gasteiger partial charge in [-0.1, -0.05) is 61.3 Å². The Morgan fingerprint density at radius 3 is 2.58 bits per heavy atom. The minimum Gasteiger partial charge on any atom is -0.367 e. The molecule has 0 aliphatic carbocycles. The van der Waals surface area contributed by atoms with E-state index in [0.29, 0.717) is 6.61 Å². The first kappa shape index (κ1) is 25.1. The first-order chi connectivity index (χ1) is 14.7. The zero-order valence-electron chi connectivity index (χ0n) is 19.9. The molecule has 2 nitrogen and oxygen atoms in total. The molecule has 1 aromatic heterocycles. The van der Waals surface area contributed by atoms with Crippen LogP contribution in [0.25, 0.3) is 6.08 Å². The van der Waals surface area contributed by atoms with Crippen molar-refractivity contribution in [2.75, 3.05) is 13.1 Å². The summed E-state index contributed by atoms with van der Waals surface area (Å²) < 4.78 is 6.09. The highest BCUT2D eigenvalue weighted by Gasteiger charge is 2.14. The summed E-state index contributed by atoms with van der Waals surface area (Å²) in [5.74, 6) is 6.39. The van der Waals surface area contributed by atoms with Crippen molar-refractivity contribution >= 4 is 17.4 Å². The van der Waals surface area contributed by atoms with Crippen molar-refractivity contribution in [2.24, 2.45) is 5.41 Å². The van der Waals surface area contributed by atoms with E-state index >= 15 is 0 Å². The standard InChI is InChI=1S/C28H37NOS/c1-7-29(18-10-8-9-16-27(2,3)4)21-25-13-11-12-24(20-25)14-17-28(5,6)30-22-26-15-19-31-23-26/h8,10-15,17,19-20,23H,7,18,21-22H2,1-6H3/b10-8+,17-14+. The van der Waals surface area contributed by atoms with Crippen LogP contribution in [0.2, 0.25) is 0 Å². The lowest BCUT2D eigenvalue weighted by Crippen LogP contribution is -2.22. The molecule has 0 saturated carbocycles. The number of rotatable bonds is 10. The molecule has 0 aliphatic rings. The van der Waals surface area contributed by atoms with Crippen LogP contribution in [-0.2, 0) is 17.9 Å². The fourth-order valence-electron chi connectivity index (χ4n) is 2.87. The lowest BCUT2D eigenvalue weighted by molar-refractivity contribution is 0.00787. The van der Waals surface area contributed by atoms with Crippen LogP contribution in [0.1, 0.15) is 58.2 Å². The number of hydrogen-bond acceptors (Lipinski definition) is 3. The number of ether oxygens (including phenoxy) is 1. The van der Waals surface area contributed by atoms with Crippen LogP contribution in [0.3, 0.4) is 0 Å². The van der Waals surface area contributed by atoms with Crippen LogP contribution in [-0.4, -0.2) is 23.6 Å². The smallest absolute Gasteiger partial charge is 0.0814 e. The maximum atomic E-state index is 6.09. The van der Waals surface area contributed by atoms with Gasteiger partial charge in [-0.05, 0) is 80.8 Å². The average Bonchev–Trinajstić information content (AvgIpc) is 3.23. The quantitative estimate of drug-likeness (QED) is 0.366. The second kappa shape index (κ2) is 12.1. The molecule has 0 amide bonds. The molecule has 2 aromatic rings. The van der Waals surface area contributed by atoms with Gasteiger partial charge in [0, 0.05) is 18.5 Å². The molecule has 0 spiro atoms. The predicted molar refractivity (Wildman–Crippen MR) is 136 cm³/mol. The number of nitrogens with zero attached hydrogens (tertiary/aromatic N) is 1. The minimum atomic E-state index is -0.313. The van der Waals surface area contributed by atoms with E-state index in [4.69, 9.17) is 4.74 Å². The number of thiophene rings is 1.